The highest BCUT2D eigenvalue weighted by Gasteiger charge is 2.50. The lowest BCUT2D eigenvalue weighted by atomic mass is 9.81. The van der Waals surface area contributed by atoms with Crippen LogP contribution in [0.4, 0.5) is 0 Å². The van der Waals surface area contributed by atoms with E-state index in [4.69, 9.17) is 9.47 Å². The fourth-order valence-corrected chi connectivity index (χ4v) is 10.7. The van der Waals surface area contributed by atoms with Crippen LogP contribution in [0.1, 0.15) is 81.1 Å². The van der Waals surface area contributed by atoms with Crippen molar-refractivity contribution in [2.45, 2.75) is 126 Å². The number of nitrogens with zero attached hydrogens (tertiary/aromatic N) is 2. The summed E-state index contributed by atoms with van der Waals surface area (Å²) < 4.78 is 18.0. The van der Waals surface area contributed by atoms with E-state index in [2.05, 4.69) is 64.0 Å². The van der Waals surface area contributed by atoms with Gasteiger partial charge in [-0.2, -0.15) is 23.5 Å². The molecule has 0 aromatic carbocycles. The minimum Gasteiger partial charge on any atom is -0.377 e. The summed E-state index contributed by atoms with van der Waals surface area (Å²) in [6.45, 7) is 21.1. The standard InChI is InChI=1S/C24H44N2O2S4/c1-21(2)9-17(27-13-19-15-29-19)10-22(3,4)25(21)31-32-26-23(5,6)11-18(12-24(26,7)8)28-14-20-16-30-20/h17-20H,9-16H2,1-8H3. The molecule has 0 saturated carbocycles. The molecule has 0 aromatic rings. The SMILES string of the molecule is CC1(C)CC(OCC2CS2)CC(C)(C)N1SSN1C(C)(C)CC(OCC2CS2)CC1(C)C. The molecule has 4 nitrogen and oxygen atoms in total. The first kappa shape index (κ1) is 26.3. The maximum Gasteiger partial charge on any atom is 0.0611 e. The van der Waals surface area contributed by atoms with Gasteiger partial charge in [0.2, 0.25) is 0 Å². The van der Waals surface area contributed by atoms with Gasteiger partial charge in [0.1, 0.15) is 0 Å². The molecule has 0 radical (unpaired) electrons. The topological polar surface area (TPSA) is 24.9 Å². The van der Waals surface area contributed by atoms with Crippen molar-refractivity contribution in [3.63, 3.8) is 0 Å². The van der Waals surface area contributed by atoms with Crippen molar-refractivity contribution < 1.29 is 9.47 Å². The van der Waals surface area contributed by atoms with E-state index in [0.717, 1.165) is 49.4 Å². The van der Waals surface area contributed by atoms with Crippen molar-refractivity contribution in [1.82, 2.24) is 8.61 Å². The lowest BCUT2D eigenvalue weighted by molar-refractivity contribution is -0.0593. The molecule has 4 aliphatic heterocycles. The van der Waals surface area contributed by atoms with Gasteiger partial charge in [-0.05, 0) is 81.1 Å². The molecular weight excluding hydrogens is 477 g/mol. The summed E-state index contributed by atoms with van der Waals surface area (Å²) in [6, 6.07) is 0. The number of thioether (sulfide) groups is 2. The van der Waals surface area contributed by atoms with Crippen LogP contribution < -0.4 is 0 Å². The molecule has 186 valence electrons. The summed E-state index contributed by atoms with van der Waals surface area (Å²) in [5.74, 6) is 2.57. The molecule has 0 amide bonds. The van der Waals surface area contributed by atoms with Crippen LogP contribution in [0.5, 0.6) is 0 Å². The highest BCUT2D eigenvalue weighted by Crippen LogP contribution is 2.53. The summed E-state index contributed by atoms with van der Waals surface area (Å²) in [5.41, 5.74) is 0.383. The molecule has 0 aromatic heterocycles. The highest BCUT2D eigenvalue weighted by molar-refractivity contribution is 8.74. The van der Waals surface area contributed by atoms with Crippen molar-refractivity contribution in [1.29, 1.82) is 0 Å². The second-order valence-corrected chi connectivity index (χ2v) is 17.2. The van der Waals surface area contributed by atoms with Gasteiger partial charge in [-0.1, -0.05) is 0 Å². The van der Waals surface area contributed by atoms with Gasteiger partial charge in [0.25, 0.3) is 0 Å². The average Bonchev–Trinajstić information content (AvgIpc) is 3.52. The summed E-state index contributed by atoms with van der Waals surface area (Å²) >= 11 is 4.06. The van der Waals surface area contributed by atoms with Crippen molar-refractivity contribution in [2.75, 3.05) is 24.7 Å². The van der Waals surface area contributed by atoms with Gasteiger partial charge in [0.05, 0.1) is 25.4 Å². The Balaban J connectivity index is 1.37. The Morgan fingerprint density at radius 1 is 0.625 bits per heavy atom. The van der Waals surface area contributed by atoms with Crippen LogP contribution in [0, 0.1) is 0 Å². The van der Waals surface area contributed by atoms with E-state index < -0.39 is 0 Å². The highest BCUT2D eigenvalue weighted by atomic mass is 33.1. The molecule has 4 aliphatic rings. The predicted molar refractivity (Wildman–Crippen MR) is 146 cm³/mol. The monoisotopic (exact) mass is 520 g/mol. The van der Waals surface area contributed by atoms with Gasteiger partial charge in [-0.15, -0.1) is 0 Å². The third-order valence-electron chi connectivity index (χ3n) is 7.13. The van der Waals surface area contributed by atoms with Gasteiger partial charge in [-0.3, -0.25) is 0 Å². The molecule has 0 N–H and O–H groups in total. The Morgan fingerprint density at radius 3 is 1.16 bits per heavy atom. The molecule has 4 fully saturated rings. The third-order valence-corrected chi connectivity index (χ3v) is 12.4. The van der Waals surface area contributed by atoms with E-state index in [0.29, 0.717) is 12.2 Å². The van der Waals surface area contributed by atoms with Crippen LogP contribution in [0.3, 0.4) is 0 Å². The first-order valence-electron chi connectivity index (χ1n) is 12.2. The second-order valence-electron chi connectivity index (χ2n) is 12.6. The first-order chi connectivity index (χ1) is 14.8. The van der Waals surface area contributed by atoms with Crippen molar-refractivity contribution in [3.8, 4) is 0 Å². The van der Waals surface area contributed by atoms with Crippen molar-refractivity contribution >= 4 is 45.5 Å². The minimum absolute atomic E-state index is 0.0957. The molecular formula is C24H44N2O2S4. The maximum absolute atomic E-state index is 6.35. The van der Waals surface area contributed by atoms with Crippen molar-refractivity contribution in [2.24, 2.45) is 0 Å². The van der Waals surface area contributed by atoms with E-state index in [1.807, 2.05) is 45.5 Å². The third kappa shape index (κ3) is 6.51. The van der Waals surface area contributed by atoms with Crippen LogP contribution in [0.25, 0.3) is 0 Å². The van der Waals surface area contributed by atoms with Crippen molar-refractivity contribution in [3.05, 3.63) is 0 Å². The zero-order chi connectivity index (χ0) is 23.4. The van der Waals surface area contributed by atoms with Gasteiger partial charge in [-0.25, -0.2) is 8.61 Å². The van der Waals surface area contributed by atoms with Gasteiger partial charge in [0.15, 0.2) is 0 Å². The number of rotatable bonds is 9. The zero-order valence-corrected chi connectivity index (χ0v) is 24.6. The molecule has 0 aliphatic carbocycles. The van der Waals surface area contributed by atoms with Crippen LogP contribution in [0.2, 0.25) is 0 Å². The maximum atomic E-state index is 6.35. The van der Waals surface area contributed by atoms with Crippen LogP contribution in [-0.2, 0) is 9.47 Å². The smallest absolute Gasteiger partial charge is 0.0611 e. The lowest BCUT2D eigenvalue weighted by Gasteiger charge is -2.57. The van der Waals surface area contributed by atoms with E-state index >= 15 is 0 Å². The fourth-order valence-electron chi connectivity index (χ4n) is 5.86. The molecule has 8 heteroatoms. The largest absolute Gasteiger partial charge is 0.377 e. The van der Waals surface area contributed by atoms with Gasteiger partial charge in [0, 0.05) is 66.1 Å². The molecule has 0 spiro atoms. The Hall–Kier alpha value is 1.24. The minimum atomic E-state index is 0.0957. The summed E-state index contributed by atoms with van der Waals surface area (Å²) in [5, 5.41) is 1.51. The molecule has 32 heavy (non-hydrogen) atoms. The molecule has 0 bridgehead atoms. The summed E-state index contributed by atoms with van der Waals surface area (Å²) in [6.07, 6.45) is 5.14. The quantitative estimate of drug-likeness (QED) is 0.193. The number of ether oxygens (including phenoxy) is 2. The Labute approximate surface area is 213 Å². The fraction of sp³-hybridized carbons (Fsp3) is 1.00. The zero-order valence-electron chi connectivity index (χ0n) is 21.3. The molecule has 4 rings (SSSR count). The number of hydrogen-bond acceptors (Lipinski definition) is 8. The van der Waals surface area contributed by atoms with E-state index in [9.17, 15) is 0 Å². The Kier molecular flexibility index (Phi) is 7.89. The van der Waals surface area contributed by atoms with Crippen LogP contribution in [-0.4, -0.2) is 78.2 Å². The molecule has 4 saturated heterocycles. The summed E-state index contributed by atoms with van der Waals surface area (Å²) in [4.78, 5) is 0. The first-order valence-corrected chi connectivity index (χ1v) is 16.4. The van der Waals surface area contributed by atoms with Crippen LogP contribution >= 0.6 is 45.5 Å². The average molecular weight is 521 g/mol. The summed E-state index contributed by atoms with van der Waals surface area (Å²) in [7, 11) is 3.93. The Bertz CT molecular complexity index is 572. The van der Waals surface area contributed by atoms with E-state index in [1.165, 1.54) is 11.5 Å². The number of hydrogen-bond donors (Lipinski definition) is 0. The molecule has 2 unspecified atom stereocenters. The van der Waals surface area contributed by atoms with E-state index in [-0.39, 0.29) is 22.2 Å². The predicted octanol–water partition coefficient (Wildman–Crippen LogP) is 6.51. The Morgan fingerprint density at radius 2 is 0.906 bits per heavy atom. The van der Waals surface area contributed by atoms with Gasteiger partial charge >= 0.3 is 0 Å². The number of piperidine rings is 2. The lowest BCUT2D eigenvalue weighted by Crippen LogP contribution is -2.60. The molecule has 4 heterocycles. The normalized spacial score (nSPS) is 34.5. The second kappa shape index (κ2) is 9.60. The molecule has 2 atom stereocenters. The van der Waals surface area contributed by atoms with E-state index in [1.54, 1.807) is 0 Å². The van der Waals surface area contributed by atoms with Crippen LogP contribution in [0.15, 0.2) is 0 Å². The van der Waals surface area contributed by atoms with Gasteiger partial charge < -0.3 is 9.47 Å².